The fourth-order valence-corrected chi connectivity index (χ4v) is 2.79. The second-order valence-electron chi connectivity index (χ2n) is 3.77. The molecule has 0 radical (unpaired) electrons. The number of para-hydroxylation sites is 1. The van der Waals surface area contributed by atoms with E-state index in [1.165, 1.54) is 0 Å². The van der Waals surface area contributed by atoms with E-state index < -0.39 is 6.09 Å². The summed E-state index contributed by atoms with van der Waals surface area (Å²) >= 11 is -0.122. The molecule has 0 fully saturated rings. The van der Waals surface area contributed by atoms with Crippen LogP contribution in [0.4, 0.5) is 10.5 Å². The van der Waals surface area contributed by atoms with E-state index in [-0.39, 0.29) is 15.0 Å². The van der Waals surface area contributed by atoms with E-state index in [1.54, 1.807) is 30.3 Å². The maximum absolute atomic E-state index is 11.8. The van der Waals surface area contributed by atoms with Gasteiger partial charge in [-0.25, -0.2) is 0 Å². The Morgan fingerprint density at radius 2 is 1.89 bits per heavy atom. The Balaban J connectivity index is 1.78. The minimum absolute atomic E-state index is 0.122. The molecule has 0 aliphatic rings. The number of nitrogens with one attached hydrogen (secondary N) is 1. The van der Waals surface area contributed by atoms with Crippen molar-refractivity contribution >= 4 is 37.8 Å². The fraction of sp³-hybridized carbons (Fsp3) is 0. The van der Waals surface area contributed by atoms with Crippen molar-refractivity contribution in [2.75, 3.05) is 5.32 Å². The van der Waals surface area contributed by atoms with Gasteiger partial charge in [0.25, 0.3) is 0 Å². The first-order valence-corrected chi connectivity index (χ1v) is 7.11. The quantitative estimate of drug-likeness (QED) is 0.737. The summed E-state index contributed by atoms with van der Waals surface area (Å²) in [7, 11) is 0. The Hall–Kier alpha value is -2.17. The van der Waals surface area contributed by atoms with Gasteiger partial charge in [0.1, 0.15) is 0 Å². The average Bonchev–Trinajstić information content (AvgIpc) is 2.89. The van der Waals surface area contributed by atoms with E-state index >= 15 is 0 Å². The molecular formula is C13H9N3O2Se. The van der Waals surface area contributed by atoms with Gasteiger partial charge in [0.15, 0.2) is 0 Å². The summed E-state index contributed by atoms with van der Waals surface area (Å²) in [6, 6.07) is 14.4. The summed E-state index contributed by atoms with van der Waals surface area (Å²) in [5.74, 6) is 0.499. The Kier molecular flexibility index (Phi) is 3.27. The summed E-state index contributed by atoms with van der Waals surface area (Å²) in [4.78, 5) is 11.8. The van der Waals surface area contributed by atoms with Crippen LogP contribution in [0.3, 0.4) is 0 Å². The van der Waals surface area contributed by atoms with Crippen LogP contribution in [-0.2, 0) is 0 Å². The molecule has 5 nitrogen and oxygen atoms in total. The van der Waals surface area contributed by atoms with E-state index in [2.05, 4.69) is 13.3 Å². The number of nitrogens with zero attached hydrogens (tertiary/aromatic N) is 2. The topological polar surface area (TPSA) is 64.1 Å². The maximum atomic E-state index is 11.8. The zero-order valence-corrected chi connectivity index (χ0v) is 11.5. The van der Waals surface area contributed by atoms with Crippen molar-refractivity contribution < 1.29 is 9.53 Å². The zero-order valence-electron chi connectivity index (χ0n) is 9.74. The first kappa shape index (κ1) is 11.9. The number of carbonyl (C=O) groups is 1. The Labute approximate surface area is 115 Å². The molecule has 1 amide bonds. The molecule has 3 aromatic rings. The molecule has 0 unspecified atom stereocenters. The number of benzene rings is 2. The molecule has 2 aromatic carbocycles. The normalized spacial score (nSPS) is 10.3. The first-order valence-electron chi connectivity index (χ1n) is 5.58. The SMILES string of the molecule is O=C(Nc1cccc2n[se]nc12)Oc1ccccc1. The second kappa shape index (κ2) is 5.22. The molecule has 0 aliphatic carbocycles. The number of aromatic nitrogens is 2. The summed E-state index contributed by atoms with van der Waals surface area (Å²) in [5.41, 5.74) is 2.17. The summed E-state index contributed by atoms with van der Waals surface area (Å²) in [6.07, 6.45) is -0.533. The molecule has 6 heteroatoms. The number of rotatable bonds is 2. The van der Waals surface area contributed by atoms with Gasteiger partial charge < -0.3 is 0 Å². The van der Waals surface area contributed by atoms with Crippen LogP contribution in [0.5, 0.6) is 5.75 Å². The number of anilines is 1. The first-order chi connectivity index (χ1) is 9.33. The number of hydrogen-bond acceptors (Lipinski definition) is 4. The number of fused-ring (bicyclic) bond motifs is 1. The van der Waals surface area contributed by atoms with Crippen LogP contribution in [0.15, 0.2) is 48.5 Å². The third kappa shape index (κ3) is 2.65. The van der Waals surface area contributed by atoms with Gasteiger partial charge in [-0.2, -0.15) is 0 Å². The summed E-state index contributed by atoms with van der Waals surface area (Å²) in [5, 5.41) is 2.69. The molecular weight excluding hydrogens is 309 g/mol. The number of hydrogen-bond donors (Lipinski definition) is 1. The molecule has 94 valence electrons. The molecule has 0 saturated carbocycles. The molecule has 3 rings (SSSR count). The fourth-order valence-electron chi connectivity index (χ4n) is 1.64. The van der Waals surface area contributed by atoms with Gasteiger partial charge in [0.2, 0.25) is 0 Å². The number of amides is 1. The van der Waals surface area contributed by atoms with Crippen LogP contribution in [0.25, 0.3) is 11.0 Å². The Bertz CT molecular complexity index is 712. The standard InChI is InChI=1S/C13H9N3O2Se/c17-13(18-9-5-2-1-3-6-9)14-10-7-4-8-11-12(10)16-19-15-11/h1-8H,(H,14,17). The average molecular weight is 318 g/mol. The minimum atomic E-state index is -0.533. The van der Waals surface area contributed by atoms with Gasteiger partial charge in [0, 0.05) is 0 Å². The summed E-state index contributed by atoms with van der Waals surface area (Å²) in [6.45, 7) is 0. The molecule has 1 N–H and O–H groups in total. The number of ether oxygens (including phenoxy) is 1. The molecule has 0 aliphatic heterocycles. The van der Waals surface area contributed by atoms with Crippen LogP contribution in [0.2, 0.25) is 0 Å². The Morgan fingerprint density at radius 1 is 1.05 bits per heavy atom. The van der Waals surface area contributed by atoms with Crippen LogP contribution < -0.4 is 10.1 Å². The van der Waals surface area contributed by atoms with E-state index in [4.69, 9.17) is 4.74 Å². The van der Waals surface area contributed by atoms with Crippen molar-refractivity contribution in [2.24, 2.45) is 0 Å². The second-order valence-corrected chi connectivity index (χ2v) is 4.87. The Morgan fingerprint density at radius 3 is 2.74 bits per heavy atom. The van der Waals surface area contributed by atoms with E-state index in [1.807, 2.05) is 18.2 Å². The molecule has 0 spiro atoms. The van der Waals surface area contributed by atoms with Crippen molar-refractivity contribution in [3.8, 4) is 5.75 Å². The molecule has 0 atom stereocenters. The van der Waals surface area contributed by atoms with Gasteiger partial charge >= 0.3 is 115 Å². The molecule has 1 aromatic heterocycles. The monoisotopic (exact) mass is 319 g/mol. The van der Waals surface area contributed by atoms with Crippen molar-refractivity contribution in [3.05, 3.63) is 48.5 Å². The third-order valence-electron chi connectivity index (χ3n) is 2.48. The zero-order chi connectivity index (χ0) is 13.1. The van der Waals surface area contributed by atoms with Gasteiger partial charge in [-0.3, -0.25) is 0 Å². The van der Waals surface area contributed by atoms with Gasteiger partial charge in [-0.05, 0) is 0 Å². The van der Waals surface area contributed by atoms with Crippen molar-refractivity contribution in [3.63, 3.8) is 0 Å². The molecule has 0 bridgehead atoms. The van der Waals surface area contributed by atoms with Gasteiger partial charge in [-0.15, -0.1) is 0 Å². The van der Waals surface area contributed by atoms with Crippen molar-refractivity contribution in [2.45, 2.75) is 0 Å². The van der Waals surface area contributed by atoms with E-state index in [0.717, 1.165) is 11.0 Å². The van der Waals surface area contributed by atoms with Crippen molar-refractivity contribution in [1.29, 1.82) is 0 Å². The van der Waals surface area contributed by atoms with Crippen molar-refractivity contribution in [1.82, 2.24) is 7.96 Å². The van der Waals surface area contributed by atoms with E-state index in [0.29, 0.717) is 11.4 Å². The van der Waals surface area contributed by atoms with Crippen LogP contribution in [0, 0.1) is 0 Å². The van der Waals surface area contributed by atoms with Gasteiger partial charge in [0.05, 0.1) is 0 Å². The summed E-state index contributed by atoms with van der Waals surface area (Å²) < 4.78 is 13.7. The molecule has 0 saturated heterocycles. The van der Waals surface area contributed by atoms with Crippen LogP contribution >= 0.6 is 0 Å². The van der Waals surface area contributed by atoms with Crippen LogP contribution in [0.1, 0.15) is 0 Å². The van der Waals surface area contributed by atoms with Gasteiger partial charge in [-0.1, -0.05) is 0 Å². The molecule has 1 heterocycles. The number of carbonyl (C=O) groups excluding carboxylic acids is 1. The third-order valence-corrected chi connectivity index (χ3v) is 3.61. The van der Waals surface area contributed by atoms with E-state index in [9.17, 15) is 4.79 Å². The van der Waals surface area contributed by atoms with Crippen LogP contribution in [-0.4, -0.2) is 29.0 Å². The predicted octanol–water partition coefficient (Wildman–Crippen LogP) is 2.30. The molecule has 19 heavy (non-hydrogen) atoms. The predicted molar refractivity (Wildman–Crippen MR) is 72.6 cm³/mol.